The summed E-state index contributed by atoms with van der Waals surface area (Å²) in [5.74, 6) is 0. The van der Waals surface area contributed by atoms with E-state index in [0.29, 0.717) is 6.04 Å². The lowest BCUT2D eigenvalue weighted by Crippen LogP contribution is -2.29. The van der Waals surface area contributed by atoms with Crippen LogP contribution in [0.2, 0.25) is 0 Å². The zero-order valence-corrected chi connectivity index (χ0v) is 7.33. The van der Waals surface area contributed by atoms with Crippen LogP contribution in [0, 0.1) is 0 Å². The van der Waals surface area contributed by atoms with Crippen LogP contribution in [-0.2, 0) is 0 Å². The van der Waals surface area contributed by atoms with Gasteiger partial charge in [-0.25, -0.2) is 0 Å². The second kappa shape index (κ2) is 3.46. The molecule has 0 saturated heterocycles. The molecule has 0 bridgehead atoms. The summed E-state index contributed by atoms with van der Waals surface area (Å²) in [7, 11) is 0. The van der Waals surface area contributed by atoms with Crippen LogP contribution in [0.1, 0.15) is 20.3 Å². The molecule has 2 heteroatoms. The van der Waals surface area contributed by atoms with E-state index in [-0.39, 0.29) is 0 Å². The molecule has 1 atom stereocenters. The molecular weight excluding hydrogens is 136 g/mol. The van der Waals surface area contributed by atoms with Crippen LogP contribution in [0.25, 0.3) is 0 Å². The SMILES string of the molecule is C=CN1C=CN(C(C)CC)C1. The molecule has 1 aliphatic rings. The third kappa shape index (κ3) is 1.76. The maximum atomic E-state index is 3.71. The predicted molar refractivity (Wildman–Crippen MR) is 47.6 cm³/mol. The lowest BCUT2D eigenvalue weighted by Gasteiger charge is -2.24. The standard InChI is InChI=1S/C9H16N2/c1-4-9(3)11-7-6-10(5-2)8-11/h5-7,9H,2,4,8H2,1,3H3. The minimum Gasteiger partial charge on any atom is -0.356 e. The molecule has 0 aliphatic carbocycles. The summed E-state index contributed by atoms with van der Waals surface area (Å²) in [5.41, 5.74) is 0. The number of hydrogen-bond acceptors (Lipinski definition) is 2. The first-order valence-corrected chi connectivity index (χ1v) is 4.10. The monoisotopic (exact) mass is 152 g/mol. The highest BCUT2D eigenvalue weighted by Gasteiger charge is 2.13. The summed E-state index contributed by atoms with van der Waals surface area (Å²) in [6.07, 6.45) is 7.21. The minimum absolute atomic E-state index is 0.635. The summed E-state index contributed by atoms with van der Waals surface area (Å²) < 4.78 is 0. The quantitative estimate of drug-likeness (QED) is 0.610. The molecule has 11 heavy (non-hydrogen) atoms. The van der Waals surface area contributed by atoms with Crippen LogP contribution in [0.4, 0.5) is 0 Å². The maximum absolute atomic E-state index is 3.71. The number of nitrogens with zero attached hydrogens (tertiary/aromatic N) is 2. The van der Waals surface area contributed by atoms with Crippen molar-refractivity contribution < 1.29 is 0 Å². The smallest absolute Gasteiger partial charge is 0.0938 e. The fourth-order valence-electron chi connectivity index (χ4n) is 1.09. The van der Waals surface area contributed by atoms with E-state index in [1.807, 2.05) is 6.20 Å². The Morgan fingerprint density at radius 2 is 2.36 bits per heavy atom. The Morgan fingerprint density at radius 3 is 2.82 bits per heavy atom. The number of hydrogen-bond donors (Lipinski definition) is 0. The summed E-state index contributed by atoms with van der Waals surface area (Å²) in [5, 5.41) is 0. The highest BCUT2D eigenvalue weighted by molar-refractivity contribution is 4.96. The molecule has 0 spiro atoms. The van der Waals surface area contributed by atoms with Gasteiger partial charge in [0, 0.05) is 18.4 Å². The Morgan fingerprint density at radius 1 is 1.64 bits per heavy atom. The van der Waals surface area contributed by atoms with Crippen LogP contribution in [0.5, 0.6) is 0 Å². The molecule has 0 fully saturated rings. The first-order valence-electron chi connectivity index (χ1n) is 4.10. The number of rotatable bonds is 3. The molecule has 0 N–H and O–H groups in total. The fraction of sp³-hybridized carbons (Fsp3) is 0.556. The third-order valence-electron chi connectivity index (χ3n) is 2.17. The average molecular weight is 152 g/mol. The Kier molecular flexibility index (Phi) is 2.58. The van der Waals surface area contributed by atoms with Crippen molar-refractivity contribution in [3.63, 3.8) is 0 Å². The van der Waals surface area contributed by atoms with Gasteiger partial charge in [-0.2, -0.15) is 0 Å². The Bertz CT molecular complexity index is 163. The fourth-order valence-corrected chi connectivity index (χ4v) is 1.09. The minimum atomic E-state index is 0.635. The summed E-state index contributed by atoms with van der Waals surface area (Å²) in [4.78, 5) is 4.38. The molecule has 0 aromatic heterocycles. The first kappa shape index (κ1) is 8.18. The zero-order chi connectivity index (χ0) is 8.27. The van der Waals surface area contributed by atoms with Gasteiger partial charge < -0.3 is 9.80 Å². The molecular formula is C9H16N2. The van der Waals surface area contributed by atoms with Gasteiger partial charge in [-0.15, -0.1) is 0 Å². The largest absolute Gasteiger partial charge is 0.356 e. The van der Waals surface area contributed by atoms with Gasteiger partial charge in [-0.05, 0) is 19.5 Å². The van der Waals surface area contributed by atoms with Crippen molar-refractivity contribution in [2.45, 2.75) is 26.3 Å². The summed E-state index contributed by atoms with van der Waals surface area (Å²) in [6, 6.07) is 0.635. The molecule has 1 unspecified atom stereocenters. The van der Waals surface area contributed by atoms with E-state index in [4.69, 9.17) is 0 Å². The van der Waals surface area contributed by atoms with E-state index < -0.39 is 0 Å². The second-order valence-corrected chi connectivity index (χ2v) is 2.91. The van der Waals surface area contributed by atoms with Crippen molar-refractivity contribution in [1.82, 2.24) is 9.80 Å². The normalized spacial score (nSPS) is 19.1. The van der Waals surface area contributed by atoms with Crippen molar-refractivity contribution in [1.29, 1.82) is 0 Å². The van der Waals surface area contributed by atoms with E-state index in [1.165, 1.54) is 6.42 Å². The second-order valence-electron chi connectivity index (χ2n) is 2.91. The van der Waals surface area contributed by atoms with Crippen molar-refractivity contribution >= 4 is 0 Å². The maximum Gasteiger partial charge on any atom is 0.0938 e. The molecule has 1 heterocycles. The Hall–Kier alpha value is -0.920. The highest BCUT2D eigenvalue weighted by Crippen LogP contribution is 2.11. The molecule has 1 aliphatic heterocycles. The van der Waals surface area contributed by atoms with Crippen molar-refractivity contribution in [3.8, 4) is 0 Å². The van der Waals surface area contributed by atoms with E-state index in [0.717, 1.165) is 6.67 Å². The molecule has 62 valence electrons. The molecule has 1 rings (SSSR count). The van der Waals surface area contributed by atoms with Gasteiger partial charge in [-0.1, -0.05) is 13.5 Å². The zero-order valence-electron chi connectivity index (χ0n) is 7.33. The predicted octanol–water partition coefficient (Wildman–Crippen LogP) is 1.97. The highest BCUT2D eigenvalue weighted by atomic mass is 15.3. The van der Waals surface area contributed by atoms with Crippen LogP contribution in [0.3, 0.4) is 0 Å². The van der Waals surface area contributed by atoms with Gasteiger partial charge in [0.2, 0.25) is 0 Å². The van der Waals surface area contributed by atoms with Gasteiger partial charge in [0.05, 0.1) is 6.67 Å². The first-order chi connectivity index (χ1) is 5.27. The molecule has 0 amide bonds. The average Bonchev–Trinajstić information content (AvgIpc) is 2.50. The van der Waals surface area contributed by atoms with E-state index >= 15 is 0 Å². The van der Waals surface area contributed by atoms with E-state index in [9.17, 15) is 0 Å². The van der Waals surface area contributed by atoms with Gasteiger partial charge in [-0.3, -0.25) is 0 Å². The van der Waals surface area contributed by atoms with Gasteiger partial charge >= 0.3 is 0 Å². The molecule has 2 nitrogen and oxygen atoms in total. The van der Waals surface area contributed by atoms with E-state index in [1.54, 1.807) is 0 Å². The lowest BCUT2D eigenvalue weighted by atomic mass is 10.2. The van der Waals surface area contributed by atoms with Crippen LogP contribution in [-0.4, -0.2) is 22.5 Å². The van der Waals surface area contributed by atoms with Crippen LogP contribution < -0.4 is 0 Å². The summed E-state index contributed by atoms with van der Waals surface area (Å²) in [6.45, 7) is 9.10. The Balaban J connectivity index is 2.42. The molecule has 0 radical (unpaired) electrons. The third-order valence-corrected chi connectivity index (χ3v) is 2.17. The van der Waals surface area contributed by atoms with Gasteiger partial charge in [0.15, 0.2) is 0 Å². The van der Waals surface area contributed by atoms with Crippen molar-refractivity contribution in [3.05, 3.63) is 25.2 Å². The van der Waals surface area contributed by atoms with Gasteiger partial charge in [0.1, 0.15) is 0 Å². The molecule has 0 saturated carbocycles. The van der Waals surface area contributed by atoms with Crippen molar-refractivity contribution in [2.75, 3.05) is 6.67 Å². The van der Waals surface area contributed by atoms with E-state index in [2.05, 4.69) is 42.6 Å². The van der Waals surface area contributed by atoms with Gasteiger partial charge in [0.25, 0.3) is 0 Å². The Labute approximate surface area is 68.8 Å². The topological polar surface area (TPSA) is 6.48 Å². The molecule has 0 aromatic rings. The van der Waals surface area contributed by atoms with Crippen molar-refractivity contribution in [2.24, 2.45) is 0 Å². The summed E-state index contributed by atoms with van der Waals surface area (Å²) >= 11 is 0. The van der Waals surface area contributed by atoms with Crippen LogP contribution in [0.15, 0.2) is 25.2 Å². The van der Waals surface area contributed by atoms with Crippen LogP contribution >= 0.6 is 0 Å². The lowest BCUT2D eigenvalue weighted by molar-refractivity contribution is 0.249. The molecule has 0 aromatic carbocycles.